The SMILES string of the molecule is COc1cccc(CN(C)C(=O)CN2CCNCC2)c1. The maximum absolute atomic E-state index is 12.2. The van der Waals surface area contributed by atoms with Crippen molar-refractivity contribution in [3.8, 4) is 5.75 Å². The van der Waals surface area contributed by atoms with Gasteiger partial charge in [0.2, 0.25) is 5.91 Å². The van der Waals surface area contributed by atoms with Crippen LogP contribution in [0.4, 0.5) is 0 Å². The number of carbonyl (C=O) groups excluding carboxylic acids is 1. The molecule has 1 aromatic carbocycles. The number of benzene rings is 1. The Bertz CT molecular complexity index is 444. The van der Waals surface area contributed by atoms with E-state index in [1.165, 1.54) is 0 Å². The summed E-state index contributed by atoms with van der Waals surface area (Å²) >= 11 is 0. The highest BCUT2D eigenvalue weighted by Crippen LogP contribution is 2.14. The standard InChI is InChI=1S/C15H23N3O2/c1-17(11-13-4-3-5-14(10-13)20-2)15(19)12-18-8-6-16-7-9-18/h3-5,10,16H,6-9,11-12H2,1-2H3. The van der Waals surface area contributed by atoms with Crippen LogP contribution in [-0.2, 0) is 11.3 Å². The molecule has 1 aromatic rings. The Kier molecular flexibility index (Phi) is 5.38. The van der Waals surface area contributed by atoms with E-state index in [0.29, 0.717) is 13.1 Å². The van der Waals surface area contributed by atoms with Crippen LogP contribution in [0, 0.1) is 0 Å². The molecule has 0 aliphatic carbocycles. The van der Waals surface area contributed by atoms with Crippen molar-refractivity contribution in [3.63, 3.8) is 0 Å². The molecule has 5 nitrogen and oxygen atoms in total. The van der Waals surface area contributed by atoms with E-state index < -0.39 is 0 Å². The van der Waals surface area contributed by atoms with Crippen LogP contribution in [0.25, 0.3) is 0 Å². The number of likely N-dealkylation sites (N-methyl/N-ethyl adjacent to an activating group) is 1. The van der Waals surface area contributed by atoms with Gasteiger partial charge >= 0.3 is 0 Å². The lowest BCUT2D eigenvalue weighted by atomic mass is 10.2. The summed E-state index contributed by atoms with van der Waals surface area (Å²) < 4.78 is 5.20. The number of hydrogen-bond donors (Lipinski definition) is 1. The van der Waals surface area contributed by atoms with Gasteiger partial charge in [-0.05, 0) is 17.7 Å². The number of ether oxygens (including phenoxy) is 1. The van der Waals surface area contributed by atoms with E-state index in [-0.39, 0.29) is 5.91 Å². The first-order valence-corrected chi connectivity index (χ1v) is 6.99. The molecule has 1 saturated heterocycles. The Morgan fingerprint density at radius 2 is 2.15 bits per heavy atom. The van der Waals surface area contributed by atoms with Gasteiger partial charge in [-0.25, -0.2) is 0 Å². The Morgan fingerprint density at radius 3 is 2.85 bits per heavy atom. The lowest BCUT2D eigenvalue weighted by molar-refractivity contribution is -0.131. The van der Waals surface area contributed by atoms with E-state index >= 15 is 0 Å². The second kappa shape index (κ2) is 7.26. The fraction of sp³-hybridized carbons (Fsp3) is 0.533. The van der Waals surface area contributed by atoms with E-state index in [4.69, 9.17) is 4.74 Å². The van der Waals surface area contributed by atoms with Crippen LogP contribution in [0.15, 0.2) is 24.3 Å². The summed E-state index contributed by atoms with van der Waals surface area (Å²) in [7, 11) is 3.50. The third-order valence-corrected chi connectivity index (χ3v) is 3.55. The number of carbonyl (C=O) groups is 1. The first-order valence-electron chi connectivity index (χ1n) is 6.99. The monoisotopic (exact) mass is 277 g/mol. The zero-order valence-electron chi connectivity index (χ0n) is 12.3. The minimum absolute atomic E-state index is 0.162. The summed E-state index contributed by atoms with van der Waals surface area (Å²) in [5.74, 6) is 0.986. The molecule has 1 heterocycles. The van der Waals surface area contributed by atoms with E-state index in [1.807, 2.05) is 31.3 Å². The van der Waals surface area contributed by atoms with Crippen LogP contribution < -0.4 is 10.1 Å². The van der Waals surface area contributed by atoms with Gasteiger partial charge < -0.3 is 15.0 Å². The zero-order valence-corrected chi connectivity index (χ0v) is 12.3. The highest BCUT2D eigenvalue weighted by atomic mass is 16.5. The summed E-state index contributed by atoms with van der Waals surface area (Å²) in [6.45, 7) is 4.93. The number of piperazine rings is 1. The van der Waals surface area contributed by atoms with Crippen molar-refractivity contribution in [2.24, 2.45) is 0 Å². The van der Waals surface area contributed by atoms with Crippen molar-refractivity contribution in [3.05, 3.63) is 29.8 Å². The molecule has 5 heteroatoms. The lowest BCUT2D eigenvalue weighted by Gasteiger charge is -2.28. The second-order valence-corrected chi connectivity index (χ2v) is 5.13. The molecule has 1 N–H and O–H groups in total. The van der Waals surface area contributed by atoms with Gasteiger partial charge in [-0.2, -0.15) is 0 Å². The highest BCUT2D eigenvalue weighted by Gasteiger charge is 2.16. The average Bonchev–Trinajstić information content (AvgIpc) is 2.48. The van der Waals surface area contributed by atoms with Gasteiger partial charge in [0.05, 0.1) is 13.7 Å². The number of methoxy groups -OCH3 is 1. The minimum atomic E-state index is 0.162. The first kappa shape index (κ1) is 14.8. The van der Waals surface area contributed by atoms with Crippen LogP contribution >= 0.6 is 0 Å². The molecule has 20 heavy (non-hydrogen) atoms. The minimum Gasteiger partial charge on any atom is -0.497 e. The maximum atomic E-state index is 12.2. The molecule has 1 fully saturated rings. The molecule has 1 aliphatic rings. The summed E-state index contributed by atoms with van der Waals surface area (Å²) in [5, 5.41) is 3.29. The van der Waals surface area contributed by atoms with Gasteiger partial charge in [0.15, 0.2) is 0 Å². The van der Waals surface area contributed by atoms with Gasteiger partial charge in [-0.1, -0.05) is 12.1 Å². The molecule has 0 unspecified atom stereocenters. The van der Waals surface area contributed by atoms with E-state index in [0.717, 1.165) is 37.5 Å². The maximum Gasteiger partial charge on any atom is 0.236 e. The van der Waals surface area contributed by atoms with Crippen molar-refractivity contribution < 1.29 is 9.53 Å². The topological polar surface area (TPSA) is 44.8 Å². The third kappa shape index (κ3) is 4.21. The predicted molar refractivity (Wildman–Crippen MR) is 78.8 cm³/mol. The van der Waals surface area contributed by atoms with Gasteiger partial charge in [-0.15, -0.1) is 0 Å². The molecule has 0 atom stereocenters. The van der Waals surface area contributed by atoms with Gasteiger partial charge in [0.1, 0.15) is 5.75 Å². The normalized spacial score (nSPS) is 15.9. The number of amides is 1. The van der Waals surface area contributed by atoms with E-state index in [9.17, 15) is 4.79 Å². The average molecular weight is 277 g/mol. The van der Waals surface area contributed by atoms with Crippen LogP contribution in [-0.4, -0.2) is 62.6 Å². The molecule has 0 spiro atoms. The van der Waals surface area contributed by atoms with Crippen LogP contribution in [0.1, 0.15) is 5.56 Å². The summed E-state index contributed by atoms with van der Waals surface area (Å²) in [6, 6.07) is 7.83. The highest BCUT2D eigenvalue weighted by molar-refractivity contribution is 5.78. The Labute approximate surface area is 120 Å². The Balaban J connectivity index is 1.86. The molecular formula is C15H23N3O2. The molecular weight excluding hydrogens is 254 g/mol. The Hall–Kier alpha value is -1.59. The molecule has 1 aliphatic heterocycles. The molecule has 0 saturated carbocycles. The predicted octanol–water partition coefficient (Wildman–Crippen LogP) is 0.559. The lowest BCUT2D eigenvalue weighted by Crippen LogP contribution is -2.47. The summed E-state index contributed by atoms with van der Waals surface area (Å²) in [6.07, 6.45) is 0. The van der Waals surface area contributed by atoms with Crippen molar-refractivity contribution in [2.75, 3.05) is 46.9 Å². The quantitative estimate of drug-likeness (QED) is 0.854. The third-order valence-electron chi connectivity index (χ3n) is 3.55. The van der Waals surface area contributed by atoms with Gasteiger partial charge in [0.25, 0.3) is 0 Å². The van der Waals surface area contributed by atoms with Gasteiger partial charge in [0, 0.05) is 39.8 Å². The second-order valence-electron chi connectivity index (χ2n) is 5.13. The Morgan fingerprint density at radius 1 is 1.40 bits per heavy atom. The molecule has 0 radical (unpaired) electrons. The first-order chi connectivity index (χ1) is 9.69. The summed E-state index contributed by atoms with van der Waals surface area (Å²) in [4.78, 5) is 16.2. The summed E-state index contributed by atoms with van der Waals surface area (Å²) in [5.41, 5.74) is 1.08. The van der Waals surface area contributed by atoms with Crippen molar-refractivity contribution in [1.29, 1.82) is 0 Å². The van der Waals surface area contributed by atoms with Gasteiger partial charge in [-0.3, -0.25) is 9.69 Å². The van der Waals surface area contributed by atoms with Crippen molar-refractivity contribution in [1.82, 2.24) is 15.1 Å². The molecule has 0 aromatic heterocycles. The number of nitrogens with zero attached hydrogens (tertiary/aromatic N) is 2. The smallest absolute Gasteiger partial charge is 0.236 e. The largest absolute Gasteiger partial charge is 0.497 e. The fourth-order valence-corrected chi connectivity index (χ4v) is 2.31. The van der Waals surface area contributed by atoms with E-state index in [2.05, 4.69) is 10.2 Å². The van der Waals surface area contributed by atoms with Crippen LogP contribution in [0.3, 0.4) is 0 Å². The van der Waals surface area contributed by atoms with E-state index in [1.54, 1.807) is 12.0 Å². The molecule has 1 amide bonds. The van der Waals surface area contributed by atoms with Crippen molar-refractivity contribution in [2.45, 2.75) is 6.54 Å². The fourth-order valence-electron chi connectivity index (χ4n) is 2.31. The molecule has 110 valence electrons. The molecule has 2 rings (SSSR count). The van der Waals surface area contributed by atoms with Crippen molar-refractivity contribution >= 4 is 5.91 Å². The number of rotatable bonds is 5. The van der Waals surface area contributed by atoms with Crippen LogP contribution in [0.2, 0.25) is 0 Å². The van der Waals surface area contributed by atoms with Crippen LogP contribution in [0.5, 0.6) is 5.75 Å². The number of nitrogens with one attached hydrogen (secondary N) is 1. The number of hydrogen-bond acceptors (Lipinski definition) is 4. The zero-order chi connectivity index (χ0) is 14.4. The molecule has 0 bridgehead atoms.